The smallest absolute Gasteiger partial charge is 0.158 e. The van der Waals surface area contributed by atoms with E-state index in [2.05, 4.69) is 65.0 Å². The molecule has 0 spiro atoms. The number of unbranched alkanes of at least 4 members (excludes halogenated alkanes) is 3. The van der Waals surface area contributed by atoms with Crippen molar-refractivity contribution in [2.75, 3.05) is 0 Å². The summed E-state index contributed by atoms with van der Waals surface area (Å²) in [5, 5.41) is 0. The van der Waals surface area contributed by atoms with E-state index >= 15 is 0 Å². The van der Waals surface area contributed by atoms with E-state index in [9.17, 15) is 4.79 Å². The van der Waals surface area contributed by atoms with Crippen LogP contribution in [0.2, 0.25) is 0 Å². The molecule has 3 rings (SSSR count). The molecule has 1 aromatic rings. The summed E-state index contributed by atoms with van der Waals surface area (Å²) in [5.74, 6) is 0.395. The number of hydrogen-bond donors (Lipinski definition) is 0. The monoisotopic (exact) mass is 340 g/mol. The Hall–Kier alpha value is -1.37. The second-order valence-electron chi connectivity index (χ2n) is 8.99. The van der Waals surface area contributed by atoms with Crippen molar-refractivity contribution in [2.45, 2.75) is 96.8 Å². The minimum atomic E-state index is 0.361. The maximum absolute atomic E-state index is 11.2. The summed E-state index contributed by atoms with van der Waals surface area (Å²) in [6.07, 6.45) is 11.2. The number of rotatable bonds is 5. The van der Waals surface area contributed by atoms with Crippen molar-refractivity contribution < 1.29 is 4.79 Å². The molecule has 0 fully saturated rings. The van der Waals surface area contributed by atoms with Crippen LogP contribution < -0.4 is 0 Å². The lowest BCUT2D eigenvalue weighted by Gasteiger charge is -2.22. The molecule has 0 heterocycles. The number of carbonyl (C=O) groups is 1. The third-order valence-electron chi connectivity index (χ3n) is 5.69. The average Bonchev–Trinajstić information content (AvgIpc) is 3.04. The van der Waals surface area contributed by atoms with Crippen molar-refractivity contribution in [1.82, 2.24) is 0 Å². The molecule has 0 bridgehead atoms. The summed E-state index contributed by atoms with van der Waals surface area (Å²) in [4.78, 5) is 11.2. The summed E-state index contributed by atoms with van der Waals surface area (Å²) in [7, 11) is 0. The van der Waals surface area contributed by atoms with Crippen LogP contribution in [0.15, 0.2) is 35.9 Å². The Kier molecular flexibility index (Phi) is 6.65. The summed E-state index contributed by atoms with van der Waals surface area (Å²) in [6, 6.07) is 8.87. The molecule has 1 heteroatoms. The molecular formula is C24H36O. The van der Waals surface area contributed by atoms with E-state index < -0.39 is 0 Å². The van der Waals surface area contributed by atoms with E-state index in [0.29, 0.717) is 16.6 Å². The number of hydrogen-bond acceptors (Lipinski definition) is 1. The topological polar surface area (TPSA) is 17.1 Å². The lowest BCUT2D eigenvalue weighted by Crippen LogP contribution is -2.17. The van der Waals surface area contributed by atoms with Crippen LogP contribution in [0.3, 0.4) is 0 Å². The second kappa shape index (κ2) is 8.34. The number of ketones is 1. The molecule has 2 aliphatic rings. The first-order chi connectivity index (χ1) is 11.8. The predicted octanol–water partition coefficient (Wildman–Crippen LogP) is 6.89. The predicted molar refractivity (Wildman–Crippen MR) is 108 cm³/mol. The number of allylic oxidation sites excluding steroid dienone is 2. The lowest BCUT2D eigenvalue weighted by atomic mass is 9.82. The maximum atomic E-state index is 11.2. The highest BCUT2D eigenvalue weighted by Crippen LogP contribution is 2.48. The first-order valence-corrected chi connectivity index (χ1v) is 10.1. The zero-order chi connectivity index (χ0) is 18.5. The highest BCUT2D eigenvalue weighted by Gasteiger charge is 2.41. The number of fused-ring (bicyclic) bond motifs is 1. The van der Waals surface area contributed by atoms with Gasteiger partial charge in [-0.2, -0.15) is 0 Å². The molecule has 1 nitrogen and oxygen atoms in total. The third kappa shape index (κ3) is 5.06. The van der Waals surface area contributed by atoms with E-state index in [4.69, 9.17) is 0 Å². The zero-order valence-corrected chi connectivity index (χ0v) is 17.0. The van der Waals surface area contributed by atoms with Crippen LogP contribution in [0, 0.1) is 0 Å². The van der Waals surface area contributed by atoms with E-state index in [-0.39, 0.29) is 0 Å². The Balaban J connectivity index is 0.000000181. The van der Waals surface area contributed by atoms with Gasteiger partial charge in [0.05, 0.1) is 0 Å². The largest absolute Gasteiger partial charge is 0.295 e. The normalized spacial score (nSPS) is 19.9. The Labute approximate surface area is 154 Å². The van der Waals surface area contributed by atoms with Crippen molar-refractivity contribution in [3.63, 3.8) is 0 Å². The second-order valence-corrected chi connectivity index (χ2v) is 8.99. The quantitative estimate of drug-likeness (QED) is 0.533. The van der Waals surface area contributed by atoms with Gasteiger partial charge in [-0.3, -0.25) is 4.79 Å². The molecule has 0 atom stereocenters. The first kappa shape index (κ1) is 19.9. The zero-order valence-electron chi connectivity index (χ0n) is 17.0. The highest BCUT2D eigenvalue weighted by atomic mass is 16.1. The highest BCUT2D eigenvalue weighted by molar-refractivity contribution is 5.97. The molecule has 25 heavy (non-hydrogen) atoms. The molecule has 0 saturated carbocycles. The van der Waals surface area contributed by atoms with Gasteiger partial charge in [-0.05, 0) is 53.2 Å². The van der Waals surface area contributed by atoms with Gasteiger partial charge in [0.2, 0.25) is 0 Å². The van der Waals surface area contributed by atoms with Crippen molar-refractivity contribution >= 4 is 5.78 Å². The van der Waals surface area contributed by atoms with Gasteiger partial charge in [-0.15, -0.1) is 0 Å². The Morgan fingerprint density at radius 2 is 1.52 bits per heavy atom. The van der Waals surface area contributed by atoms with Gasteiger partial charge < -0.3 is 0 Å². The fourth-order valence-corrected chi connectivity index (χ4v) is 4.59. The van der Waals surface area contributed by atoms with Gasteiger partial charge in [0.1, 0.15) is 0 Å². The first-order valence-electron chi connectivity index (χ1n) is 10.1. The van der Waals surface area contributed by atoms with Gasteiger partial charge in [-0.25, -0.2) is 0 Å². The van der Waals surface area contributed by atoms with Crippen LogP contribution in [0.5, 0.6) is 0 Å². The van der Waals surface area contributed by atoms with Gasteiger partial charge in [0.15, 0.2) is 5.78 Å². The maximum Gasteiger partial charge on any atom is 0.158 e. The molecule has 0 amide bonds. The lowest BCUT2D eigenvalue weighted by molar-refractivity contribution is -0.115. The Bertz CT molecular complexity index is 586. The molecule has 2 aliphatic carbocycles. The van der Waals surface area contributed by atoms with Crippen LogP contribution in [-0.2, 0) is 15.6 Å². The van der Waals surface area contributed by atoms with Gasteiger partial charge >= 0.3 is 0 Å². The van der Waals surface area contributed by atoms with Crippen LogP contribution >= 0.6 is 0 Å². The van der Waals surface area contributed by atoms with E-state index in [1.807, 2.05) is 0 Å². The van der Waals surface area contributed by atoms with Crippen molar-refractivity contribution in [1.29, 1.82) is 0 Å². The van der Waals surface area contributed by atoms with E-state index in [1.54, 1.807) is 11.1 Å². The van der Waals surface area contributed by atoms with Gasteiger partial charge in [0, 0.05) is 6.42 Å². The van der Waals surface area contributed by atoms with E-state index in [1.165, 1.54) is 32.1 Å². The number of carbonyl (C=O) groups excluding carboxylic acids is 1. The summed E-state index contributed by atoms with van der Waals surface area (Å²) < 4.78 is 0. The molecule has 138 valence electrons. The Morgan fingerprint density at radius 3 is 2.00 bits per heavy atom. The fraction of sp³-hybridized carbons (Fsp3) is 0.625. The summed E-state index contributed by atoms with van der Waals surface area (Å²) >= 11 is 0. The average molecular weight is 341 g/mol. The molecule has 1 aromatic carbocycles. The van der Waals surface area contributed by atoms with Crippen LogP contribution in [0.25, 0.3) is 0 Å². The van der Waals surface area contributed by atoms with Crippen LogP contribution in [-0.4, -0.2) is 5.78 Å². The SMILES string of the molecule is CC1(C)CC(C)(C)c2ccccc21.CCCCCCC1=CCCC1=O. The molecule has 0 aromatic heterocycles. The van der Waals surface area contributed by atoms with E-state index in [0.717, 1.165) is 24.8 Å². The summed E-state index contributed by atoms with van der Waals surface area (Å²) in [6.45, 7) is 11.6. The minimum Gasteiger partial charge on any atom is -0.295 e. The van der Waals surface area contributed by atoms with Gasteiger partial charge in [0.25, 0.3) is 0 Å². The minimum absolute atomic E-state index is 0.361. The molecule has 0 radical (unpaired) electrons. The van der Waals surface area contributed by atoms with Crippen LogP contribution in [0.4, 0.5) is 0 Å². The standard InChI is InChI=1S/C13H18.C11H18O/c1-12(2)9-13(3,4)11-8-6-5-7-10(11)12;1-2-3-4-5-7-10-8-6-9-11(10)12/h5-8H,9H2,1-4H3;8H,2-7,9H2,1H3. The molecule has 0 N–H and O–H groups in total. The van der Waals surface area contributed by atoms with Crippen molar-refractivity contribution in [2.24, 2.45) is 0 Å². The fourth-order valence-electron chi connectivity index (χ4n) is 4.59. The summed E-state index contributed by atoms with van der Waals surface area (Å²) in [5.41, 5.74) is 4.91. The molecular weight excluding hydrogens is 304 g/mol. The van der Waals surface area contributed by atoms with Crippen LogP contribution in [0.1, 0.15) is 97.1 Å². The Morgan fingerprint density at radius 1 is 0.920 bits per heavy atom. The van der Waals surface area contributed by atoms with Crippen molar-refractivity contribution in [3.8, 4) is 0 Å². The third-order valence-corrected chi connectivity index (χ3v) is 5.69. The molecule has 0 saturated heterocycles. The van der Waals surface area contributed by atoms with Gasteiger partial charge in [-0.1, -0.05) is 84.2 Å². The van der Waals surface area contributed by atoms with Crippen molar-refractivity contribution in [3.05, 3.63) is 47.0 Å². The number of Topliss-reactive ketones (excluding diaryl/α,β-unsaturated/α-hetero) is 1. The number of benzene rings is 1. The molecule has 0 unspecified atom stereocenters. The molecule has 0 aliphatic heterocycles.